The number of pyridine rings is 2. The molecular formula is C14H15N5OS. The summed E-state index contributed by atoms with van der Waals surface area (Å²) in [6.45, 7) is 3.87. The van der Waals surface area contributed by atoms with E-state index in [0.29, 0.717) is 11.6 Å². The largest absolute Gasteiger partial charge is 0.473 e. The predicted molar refractivity (Wildman–Crippen MR) is 81.5 cm³/mol. The molecule has 3 aromatic heterocycles. The van der Waals surface area contributed by atoms with E-state index in [0.717, 1.165) is 15.8 Å². The highest BCUT2D eigenvalue weighted by Crippen LogP contribution is 2.29. The van der Waals surface area contributed by atoms with Gasteiger partial charge in [0.2, 0.25) is 11.0 Å². The van der Waals surface area contributed by atoms with Crippen LogP contribution in [0.15, 0.2) is 46.7 Å². The van der Waals surface area contributed by atoms with E-state index < -0.39 is 0 Å². The van der Waals surface area contributed by atoms with Gasteiger partial charge in [-0.3, -0.25) is 4.40 Å². The Hall–Kier alpha value is -2.28. The highest BCUT2D eigenvalue weighted by molar-refractivity contribution is 7.99. The lowest BCUT2D eigenvalue weighted by Gasteiger charge is -2.11. The number of rotatable bonds is 4. The fraction of sp³-hybridized carbons (Fsp3) is 0.214. The first-order valence-corrected chi connectivity index (χ1v) is 7.36. The van der Waals surface area contributed by atoms with Crippen LogP contribution in [-0.4, -0.2) is 25.7 Å². The second-order valence-electron chi connectivity index (χ2n) is 4.72. The molecule has 108 valence electrons. The van der Waals surface area contributed by atoms with Gasteiger partial charge in [-0.1, -0.05) is 6.07 Å². The van der Waals surface area contributed by atoms with Crippen LogP contribution in [0.2, 0.25) is 0 Å². The lowest BCUT2D eigenvalue weighted by molar-refractivity contribution is 0.232. The maximum absolute atomic E-state index is 5.87. The number of hydrogen-bond donors (Lipinski definition) is 1. The first-order chi connectivity index (χ1) is 10.1. The molecule has 0 unspecified atom stereocenters. The third-order valence-electron chi connectivity index (χ3n) is 2.69. The third-order valence-corrected chi connectivity index (χ3v) is 3.59. The Kier molecular flexibility index (Phi) is 3.66. The molecular weight excluding hydrogens is 286 g/mol. The third kappa shape index (κ3) is 2.92. The summed E-state index contributed by atoms with van der Waals surface area (Å²) in [6.07, 6.45) is 1.94. The number of aromatic nitrogens is 4. The fourth-order valence-electron chi connectivity index (χ4n) is 1.79. The Morgan fingerprint density at radius 2 is 2.05 bits per heavy atom. The maximum atomic E-state index is 5.87. The van der Waals surface area contributed by atoms with Crippen LogP contribution >= 0.6 is 11.8 Å². The van der Waals surface area contributed by atoms with Gasteiger partial charge in [-0.15, -0.1) is 10.2 Å². The van der Waals surface area contributed by atoms with E-state index in [-0.39, 0.29) is 6.10 Å². The molecule has 0 aliphatic heterocycles. The van der Waals surface area contributed by atoms with Crippen LogP contribution in [0.3, 0.4) is 0 Å². The fourth-order valence-corrected chi connectivity index (χ4v) is 2.58. The first kappa shape index (κ1) is 13.7. The molecule has 3 rings (SSSR count). The van der Waals surface area contributed by atoms with Gasteiger partial charge in [-0.05, 0) is 49.9 Å². The first-order valence-electron chi connectivity index (χ1n) is 6.54. The second kappa shape index (κ2) is 5.61. The van der Waals surface area contributed by atoms with Crippen molar-refractivity contribution < 1.29 is 4.74 Å². The van der Waals surface area contributed by atoms with Crippen molar-refractivity contribution in [3.05, 3.63) is 36.5 Å². The SMILES string of the molecule is CC(C)Oc1nc(Sc2nnc3ccccn23)ccc1N. The van der Waals surface area contributed by atoms with Crippen LogP contribution < -0.4 is 10.5 Å². The summed E-state index contributed by atoms with van der Waals surface area (Å²) in [5.74, 6) is 0.448. The minimum Gasteiger partial charge on any atom is -0.473 e. The van der Waals surface area contributed by atoms with Gasteiger partial charge in [-0.25, -0.2) is 4.98 Å². The molecule has 0 spiro atoms. The molecule has 0 aliphatic carbocycles. The van der Waals surface area contributed by atoms with Crippen molar-refractivity contribution in [2.45, 2.75) is 30.1 Å². The number of nitrogens with two attached hydrogens (primary N) is 1. The molecule has 0 bridgehead atoms. The molecule has 3 aromatic rings. The highest BCUT2D eigenvalue weighted by atomic mass is 32.2. The van der Waals surface area contributed by atoms with Crippen molar-refractivity contribution in [2.75, 3.05) is 5.73 Å². The maximum Gasteiger partial charge on any atom is 0.238 e. The van der Waals surface area contributed by atoms with E-state index in [1.54, 1.807) is 6.07 Å². The van der Waals surface area contributed by atoms with Gasteiger partial charge < -0.3 is 10.5 Å². The van der Waals surface area contributed by atoms with Crippen LogP contribution in [0.25, 0.3) is 5.65 Å². The molecule has 0 aliphatic rings. The molecule has 7 heteroatoms. The van der Waals surface area contributed by atoms with Crippen LogP contribution in [-0.2, 0) is 0 Å². The zero-order chi connectivity index (χ0) is 14.8. The molecule has 3 heterocycles. The molecule has 0 aromatic carbocycles. The Balaban J connectivity index is 1.91. The number of nitrogen functional groups attached to an aromatic ring is 1. The lowest BCUT2D eigenvalue weighted by Crippen LogP contribution is -2.09. The molecule has 2 N–H and O–H groups in total. The zero-order valence-electron chi connectivity index (χ0n) is 11.7. The average molecular weight is 301 g/mol. The summed E-state index contributed by atoms with van der Waals surface area (Å²) < 4.78 is 7.51. The minimum absolute atomic E-state index is 0.0222. The molecule has 0 amide bonds. The van der Waals surface area contributed by atoms with Gasteiger partial charge in [-0.2, -0.15) is 0 Å². The van der Waals surface area contributed by atoms with Crippen LogP contribution in [0, 0.1) is 0 Å². The van der Waals surface area contributed by atoms with E-state index >= 15 is 0 Å². The Bertz CT molecular complexity index is 771. The van der Waals surface area contributed by atoms with Crippen LogP contribution in [0.1, 0.15) is 13.8 Å². The Labute approximate surface area is 126 Å². The van der Waals surface area contributed by atoms with Crippen molar-refractivity contribution in [2.24, 2.45) is 0 Å². The van der Waals surface area contributed by atoms with Crippen molar-refractivity contribution in [1.82, 2.24) is 19.6 Å². The van der Waals surface area contributed by atoms with Crippen molar-refractivity contribution in [3.63, 3.8) is 0 Å². The van der Waals surface area contributed by atoms with Gasteiger partial charge in [0.05, 0.1) is 11.8 Å². The predicted octanol–water partition coefficient (Wildman–Crippen LogP) is 2.64. The molecule has 0 saturated carbocycles. The van der Waals surface area contributed by atoms with E-state index in [1.165, 1.54) is 11.8 Å². The summed E-state index contributed by atoms with van der Waals surface area (Å²) in [5.41, 5.74) is 7.20. The van der Waals surface area contributed by atoms with Gasteiger partial charge >= 0.3 is 0 Å². The minimum atomic E-state index is 0.0222. The standard InChI is InChI=1S/C14H15N5OS/c1-9(2)20-13-10(15)6-7-12(16-13)21-14-18-17-11-5-3-4-8-19(11)14/h3-9H,15H2,1-2H3. The summed E-state index contributed by atoms with van der Waals surface area (Å²) >= 11 is 1.42. The second-order valence-corrected chi connectivity index (χ2v) is 5.71. The van der Waals surface area contributed by atoms with Crippen molar-refractivity contribution in [3.8, 4) is 5.88 Å². The van der Waals surface area contributed by atoms with Gasteiger partial charge in [0.25, 0.3) is 0 Å². The Morgan fingerprint density at radius 3 is 2.86 bits per heavy atom. The van der Waals surface area contributed by atoms with Crippen LogP contribution in [0.4, 0.5) is 5.69 Å². The quantitative estimate of drug-likeness (QED) is 0.798. The molecule has 0 saturated heterocycles. The molecule has 21 heavy (non-hydrogen) atoms. The zero-order valence-corrected chi connectivity index (χ0v) is 12.5. The summed E-state index contributed by atoms with van der Waals surface area (Å²) in [5, 5.41) is 9.79. The number of hydrogen-bond acceptors (Lipinski definition) is 6. The lowest BCUT2D eigenvalue weighted by atomic mass is 10.4. The van der Waals surface area contributed by atoms with E-state index in [9.17, 15) is 0 Å². The van der Waals surface area contributed by atoms with Gasteiger partial charge in [0.15, 0.2) is 5.65 Å². The number of fused-ring (bicyclic) bond motifs is 1. The van der Waals surface area contributed by atoms with Gasteiger partial charge in [0.1, 0.15) is 5.03 Å². The molecule has 0 radical (unpaired) electrons. The average Bonchev–Trinajstić information content (AvgIpc) is 2.85. The molecule has 0 atom stereocenters. The molecule has 0 fully saturated rings. The summed E-state index contributed by atoms with van der Waals surface area (Å²) in [7, 11) is 0. The smallest absolute Gasteiger partial charge is 0.238 e. The highest BCUT2D eigenvalue weighted by Gasteiger charge is 2.11. The van der Waals surface area contributed by atoms with Crippen LogP contribution in [0.5, 0.6) is 5.88 Å². The number of nitrogens with zero attached hydrogens (tertiary/aromatic N) is 4. The van der Waals surface area contributed by atoms with Gasteiger partial charge in [0, 0.05) is 6.20 Å². The van der Waals surface area contributed by atoms with E-state index in [1.807, 2.05) is 48.7 Å². The Morgan fingerprint density at radius 1 is 1.19 bits per heavy atom. The topological polar surface area (TPSA) is 78.3 Å². The van der Waals surface area contributed by atoms with Crippen molar-refractivity contribution in [1.29, 1.82) is 0 Å². The van der Waals surface area contributed by atoms with Crippen molar-refractivity contribution >= 4 is 23.1 Å². The summed E-state index contributed by atoms with van der Waals surface area (Å²) in [4.78, 5) is 4.43. The monoisotopic (exact) mass is 301 g/mol. The van der Waals surface area contributed by atoms with E-state index in [4.69, 9.17) is 10.5 Å². The summed E-state index contributed by atoms with van der Waals surface area (Å²) in [6, 6.07) is 9.40. The van der Waals surface area contributed by atoms with E-state index in [2.05, 4.69) is 15.2 Å². The number of ether oxygens (including phenoxy) is 1. The molecule has 6 nitrogen and oxygen atoms in total. The number of anilines is 1. The normalized spacial score (nSPS) is 11.2.